The number of aromatic nitrogens is 2. The van der Waals surface area contributed by atoms with Crippen molar-refractivity contribution in [3.8, 4) is 0 Å². The normalized spacial score (nSPS) is 25.1. The molecule has 1 aliphatic heterocycles. The molecule has 0 radical (unpaired) electrons. The number of hydrogen-bond donors (Lipinski definition) is 2. The lowest BCUT2D eigenvalue weighted by Gasteiger charge is -2.29. The Hall–Kier alpha value is -2.05. The van der Waals surface area contributed by atoms with E-state index in [4.69, 9.17) is 0 Å². The lowest BCUT2D eigenvalue weighted by molar-refractivity contribution is -0.119. The molecule has 1 saturated carbocycles. The van der Waals surface area contributed by atoms with Gasteiger partial charge in [0.25, 0.3) is 0 Å². The maximum Gasteiger partial charge on any atom is 0.317 e. The lowest BCUT2D eigenvalue weighted by Crippen LogP contribution is -2.44. The Kier molecular flexibility index (Phi) is 6.07. The molecule has 1 aromatic rings. The summed E-state index contributed by atoms with van der Waals surface area (Å²) in [7, 11) is 1.90. The number of amides is 3. The maximum atomic E-state index is 12.8. The van der Waals surface area contributed by atoms with E-state index in [1.165, 1.54) is 45.4 Å². The quantitative estimate of drug-likeness (QED) is 0.793. The van der Waals surface area contributed by atoms with Gasteiger partial charge in [0.15, 0.2) is 0 Å². The summed E-state index contributed by atoms with van der Waals surface area (Å²) in [5.74, 6) is -0.0130. The zero-order valence-electron chi connectivity index (χ0n) is 16.8. The van der Waals surface area contributed by atoms with Crippen molar-refractivity contribution >= 4 is 11.9 Å². The fourth-order valence-corrected chi connectivity index (χ4v) is 4.58. The lowest BCUT2D eigenvalue weighted by atomic mass is 9.82. The molecule has 1 saturated heterocycles. The van der Waals surface area contributed by atoms with E-state index in [0.717, 1.165) is 12.2 Å². The Balaban J connectivity index is 1.63. The van der Waals surface area contributed by atoms with Crippen LogP contribution in [0.25, 0.3) is 0 Å². The highest BCUT2D eigenvalue weighted by atomic mass is 16.2. The van der Waals surface area contributed by atoms with Crippen molar-refractivity contribution < 1.29 is 9.59 Å². The minimum atomic E-state index is -0.0860. The molecule has 0 spiro atoms. The number of nitrogens with zero attached hydrogens (tertiary/aromatic N) is 3. The molecule has 7 nitrogen and oxygen atoms in total. The van der Waals surface area contributed by atoms with Crippen molar-refractivity contribution in [3.05, 3.63) is 18.0 Å². The predicted octanol–water partition coefficient (Wildman–Crippen LogP) is 2.39. The van der Waals surface area contributed by atoms with Crippen molar-refractivity contribution in [2.75, 3.05) is 19.6 Å². The molecule has 2 atom stereocenters. The Morgan fingerprint density at radius 1 is 1.22 bits per heavy atom. The van der Waals surface area contributed by atoms with Gasteiger partial charge >= 0.3 is 6.03 Å². The molecule has 3 amide bonds. The number of rotatable bonds is 4. The van der Waals surface area contributed by atoms with Gasteiger partial charge in [0.1, 0.15) is 0 Å². The van der Waals surface area contributed by atoms with Gasteiger partial charge in [-0.2, -0.15) is 5.10 Å². The second-order valence-electron chi connectivity index (χ2n) is 8.58. The first kappa shape index (κ1) is 19.7. The van der Waals surface area contributed by atoms with E-state index in [1.54, 1.807) is 6.20 Å². The van der Waals surface area contributed by atoms with E-state index in [2.05, 4.69) is 22.7 Å². The largest absolute Gasteiger partial charge is 0.351 e. The summed E-state index contributed by atoms with van der Waals surface area (Å²) in [6, 6.07) is 1.85. The highest BCUT2D eigenvalue weighted by Gasteiger charge is 2.38. The molecule has 3 rings (SSSR count). The Morgan fingerprint density at radius 2 is 1.93 bits per heavy atom. The molecule has 2 heterocycles. The number of urea groups is 1. The number of aryl methyl sites for hydroxylation is 1. The second-order valence-corrected chi connectivity index (χ2v) is 8.58. The van der Waals surface area contributed by atoms with Gasteiger partial charge in [-0.25, -0.2) is 4.79 Å². The minimum absolute atomic E-state index is 0.0273. The van der Waals surface area contributed by atoms with E-state index >= 15 is 0 Å². The van der Waals surface area contributed by atoms with Crippen LogP contribution in [0.2, 0.25) is 0 Å². The van der Waals surface area contributed by atoms with E-state index in [1.807, 2.05) is 22.7 Å². The molecule has 150 valence electrons. The van der Waals surface area contributed by atoms with Gasteiger partial charge in [-0.1, -0.05) is 32.6 Å². The first-order chi connectivity index (χ1) is 12.9. The van der Waals surface area contributed by atoms with E-state index < -0.39 is 0 Å². The van der Waals surface area contributed by atoms with Crippen molar-refractivity contribution in [2.45, 2.75) is 64.3 Å². The molecule has 7 heteroatoms. The zero-order chi connectivity index (χ0) is 19.4. The second kappa shape index (κ2) is 8.31. The van der Waals surface area contributed by atoms with Crippen LogP contribution >= 0.6 is 0 Å². The summed E-state index contributed by atoms with van der Waals surface area (Å²) in [5.41, 5.74) is 1.24. The van der Waals surface area contributed by atoms with Crippen LogP contribution in [-0.2, 0) is 11.8 Å². The Morgan fingerprint density at radius 3 is 2.52 bits per heavy atom. The van der Waals surface area contributed by atoms with Crippen molar-refractivity contribution in [2.24, 2.45) is 12.5 Å². The summed E-state index contributed by atoms with van der Waals surface area (Å²) >= 11 is 0. The van der Waals surface area contributed by atoms with Crippen LogP contribution in [0.3, 0.4) is 0 Å². The van der Waals surface area contributed by atoms with E-state index in [-0.39, 0.29) is 29.3 Å². The third kappa shape index (κ3) is 4.82. The van der Waals surface area contributed by atoms with E-state index in [9.17, 15) is 9.59 Å². The van der Waals surface area contributed by atoms with Gasteiger partial charge in [-0.15, -0.1) is 0 Å². The van der Waals surface area contributed by atoms with Crippen LogP contribution in [0.4, 0.5) is 4.79 Å². The molecule has 2 fully saturated rings. The van der Waals surface area contributed by atoms with Crippen LogP contribution < -0.4 is 10.6 Å². The molecule has 1 aliphatic carbocycles. The van der Waals surface area contributed by atoms with Gasteiger partial charge in [0, 0.05) is 51.4 Å². The molecule has 1 aromatic heterocycles. The van der Waals surface area contributed by atoms with Gasteiger partial charge < -0.3 is 15.5 Å². The zero-order valence-corrected chi connectivity index (χ0v) is 16.8. The fraction of sp³-hybridized carbons (Fsp3) is 0.750. The van der Waals surface area contributed by atoms with Gasteiger partial charge in [0.05, 0.1) is 6.04 Å². The molecule has 2 aliphatic rings. The summed E-state index contributed by atoms with van der Waals surface area (Å²) < 4.78 is 1.83. The molecule has 0 unspecified atom stereocenters. The molecule has 27 heavy (non-hydrogen) atoms. The summed E-state index contributed by atoms with van der Waals surface area (Å²) in [5, 5.41) is 10.4. The first-order valence-electron chi connectivity index (χ1n) is 10.2. The van der Waals surface area contributed by atoms with Gasteiger partial charge in [-0.3, -0.25) is 9.48 Å². The molecule has 0 aromatic carbocycles. The smallest absolute Gasteiger partial charge is 0.317 e. The van der Waals surface area contributed by atoms with Crippen molar-refractivity contribution in [1.82, 2.24) is 25.3 Å². The SMILES string of the molecule is CC(=O)N[C@@H]1CN(C(=O)NCC2(C)CCCCCC2)C[C@H]1c1ccnn1C. The number of carbonyl (C=O) groups excluding carboxylic acids is 2. The number of nitrogens with one attached hydrogen (secondary N) is 2. The van der Waals surface area contributed by atoms with Crippen LogP contribution in [0.5, 0.6) is 0 Å². The predicted molar refractivity (Wildman–Crippen MR) is 104 cm³/mol. The third-order valence-corrected chi connectivity index (χ3v) is 6.21. The highest BCUT2D eigenvalue weighted by molar-refractivity contribution is 5.76. The maximum absolute atomic E-state index is 12.8. The van der Waals surface area contributed by atoms with Crippen molar-refractivity contribution in [3.63, 3.8) is 0 Å². The van der Waals surface area contributed by atoms with Crippen LogP contribution in [-0.4, -0.2) is 52.3 Å². The monoisotopic (exact) mass is 375 g/mol. The Labute approximate surface area is 161 Å². The highest BCUT2D eigenvalue weighted by Crippen LogP contribution is 2.34. The molecule has 0 bridgehead atoms. The van der Waals surface area contributed by atoms with Crippen molar-refractivity contribution in [1.29, 1.82) is 0 Å². The molecular formula is C20H33N5O2. The average molecular weight is 376 g/mol. The summed E-state index contributed by atoms with van der Waals surface area (Å²) in [6.07, 6.45) is 9.24. The fourth-order valence-electron chi connectivity index (χ4n) is 4.58. The number of carbonyl (C=O) groups is 2. The van der Waals surface area contributed by atoms with Crippen LogP contribution in [0, 0.1) is 5.41 Å². The third-order valence-electron chi connectivity index (χ3n) is 6.21. The van der Waals surface area contributed by atoms with Crippen LogP contribution in [0.1, 0.15) is 64.0 Å². The minimum Gasteiger partial charge on any atom is -0.351 e. The average Bonchev–Trinajstić information content (AvgIpc) is 3.14. The standard InChI is InChI=1S/C20H33N5O2/c1-15(26)23-17-13-25(12-16(17)18-8-11-22-24(18)3)19(27)21-14-20(2)9-6-4-5-7-10-20/h8,11,16-17H,4-7,9-10,12-14H2,1-3H3,(H,21,27)(H,23,26)/t16-,17-/m1/s1. The molecular weight excluding hydrogens is 342 g/mol. The Bertz CT molecular complexity index is 663. The van der Waals surface area contributed by atoms with Gasteiger partial charge in [0.2, 0.25) is 5.91 Å². The van der Waals surface area contributed by atoms with E-state index in [0.29, 0.717) is 13.1 Å². The number of likely N-dealkylation sites (tertiary alicyclic amines) is 1. The van der Waals surface area contributed by atoms with Gasteiger partial charge in [-0.05, 0) is 24.3 Å². The number of hydrogen-bond acceptors (Lipinski definition) is 3. The van der Waals surface area contributed by atoms with Crippen LogP contribution in [0.15, 0.2) is 12.3 Å². The topological polar surface area (TPSA) is 79.3 Å². The summed E-state index contributed by atoms with van der Waals surface area (Å²) in [6.45, 7) is 5.66. The molecule has 2 N–H and O–H groups in total. The first-order valence-corrected chi connectivity index (χ1v) is 10.2. The summed E-state index contributed by atoms with van der Waals surface area (Å²) in [4.78, 5) is 26.3.